The summed E-state index contributed by atoms with van der Waals surface area (Å²) in [5, 5.41) is 5.21. The van der Waals surface area contributed by atoms with Crippen molar-refractivity contribution in [2.24, 2.45) is 5.92 Å². The van der Waals surface area contributed by atoms with Crippen molar-refractivity contribution in [3.8, 4) is 0 Å². The topological polar surface area (TPSA) is 82.3 Å². The van der Waals surface area contributed by atoms with E-state index in [1.807, 2.05) is 60.8 Å². The monoisotopic (exact) mass is 409 g/mol. The Labute approximate surface area is 170 Å². The van der Waals surface area contributed by atoms with Crippen molar-refractivity contribution in [2.45, 2.75) is 12.8 Å². The molecule has 0 atom stereocenters. The number of carbonyl (C=O) groups is 1. The van der Waals surface area contributed by atoms with Crippen LogP contribution in [0.2, 0.25) is 0 Å². The second-order valence-corrected chi connectivity index (χ2v) is 8.98. The van der Waals surface area contributed by atoms with Crippen molar-refractivity contribution in [1.29, 1.82) is 0 Å². The Kier molecular flexibility index (Phi) is 5.51. The number of piperidine rings is 1. The number of aromatic nitrogens is 1. The molecule has 29 heavy (non-hydrogen) atoms. The highest BCUT2D eigenvalue weighted by molar-refractivity contribution is 7.92. The smallest absolute Gasteiger partial charge is 0.236 e. The molecular weight excluding hydrogens is 386 g/mol. The Hall–Kier alpha value is -2.90. The van der Waals surface area contributed by atoms with E-state index in [4.69, 9.17) is 0 Å². The number of anilines is 1. The second-order valence-electron chi connectivity index (χ2n) is 7.17. The molecular formula is C22H23N3O3S. The van der Waals surface area contributed by atoms with Crippen LogP contribution in [0.15, 0.2) is 66.2 Å². The fourth-order valence-corrected chi connectivity index (χ4v) is 4.84. The molecule has 2 N–H and O–H groups in total. The molecule has 150 valence electrons. The first-order valence-electron chi connectivity index (χ1n) is 9.63. The predicted molar refractivity (Wildman–Crippen MR) is 116 cm³/mol. The van der Waals surface area contributed by atoms with Gasteiger partial charge in [0.25, 0.3) is 0 Å². The number of H-pyrrole nitrogens is 1. The summed E-state index contributed by atoms with van der Waals surface area (Å²) in [5.41, 5.74) is 2.58. The number of fused-ring (bicyclic) bond motifs is 1. The second kappa shape index (κ2) is 8.23. The zero-order valence-corrected chi connectivity index (χ0v) is 16.7. The van der Waals surface area contributed by atoms with Crippen LogP contribution >= 0.6 is 0 Å². The van der Waals surface area contributed by atoms with Crippen LogP contribution in [-0.2, 0) is 14.8 Å². The van der Waals surface area contributed by atoms with E-state index in [-0.39, 0.29) is 11.8 Å². The van der Waals surface area contributed by atoms with Gasteiger partial charge in [0.05, 0.1) is 5.69 Å². The minimum absolute atomic E-state index is 0.0597. The van der Waals surface area contributed by atoms with Gasteiger partial charge in [0.2, 0.25) is 15.9 Å². The highest BCUT2D eigenvalue weighted by atomic mass is 32.2. The van der Waals surface area contributed by atoms with Crippen LogP contribution in [0.1, 0.15) is 18.4 Å². The maximum Gasteiger partial charge on any atom is 0.236 e. The minimum atomic E-state index is -3.49. The number of carbonyl (C=O) groups excluding carboxylic acids is 1. The lowest BCUT2D eigenvalue weighted by molar-refractivity contribution is -0.120. The molecule has 1 saturated heterocycles. The number of benzene rings is 2. The standard InChI is InChI=1S/C22H23N3O3S/c26-22(24-21-8-4-7-20-19(21)9-13-23-20)18-10-14-25(15-11-18)29(27,28)16-12-17-5-2-1-3-6-17/h1-9,12-13,16,18,23H,10-11,14-15H2,(H,24,26)/b16-12+. The molecule has 1 fully saturated rings. The van der Waals surface area contributed by atoms with Crippen molar-refractivity contribution >= 4 is 38.6 Å². The Morgan fingerprint density at radius 2 is 1.79 bits per heavy atom. The zero-order valence-electron chi connectivity index (χ0n) is 15.9. The lowest BCUT2D eigenvalue weighted by Crippen LogP contribution is -2.40. The van der Waals surface area contributed by atoms with E-state index in [1.165, 1.54) is 9.71 Å². The third-order valence-electron chi connectivity index (χ3n) is 5.27. The molecule has 6 nitrogen and oxygen atoms in total. The Bertz CT molecular complexity index is 1130. The summed E-state index contributed by atoms with van der Waals surface area (Å²) in [5.74, 6) is -0.260. The quantitative estimate of drug-likeness (QED) is 0.672. The van der Waals surface area contributed by atoms with E-state index in [9.17, 15) is 13.2 Å². The maximum absolute atomic E-state index is 12.7. The molecule has 4 rings (SSSR count). The number of rotatable bonds is 5. The number of nitrogens with one attached hydrogen (secondary N) is 2. The van der Waals surface area contributed by atoms with Gasteiger partial charge in [-0.1, -0.05) is 36.4 Å². The van der Waals surface area contributed by atoms with Crippen molar-refractivity contribution in [2.75, 3.05) is 18.4 Å². The molecule has 1 aliphatic heterocycles. The molecule has 0 saturated carbocycles. The first-order valence-corrected chi connectivity index (χ1v) is 11.1. The lowest BCUT2D eigenvalue weighted by Gasteiger charge is -2.29. The summed E-state index contributed by atoms with van der Waals surface area (Å²) >= 11 is 0. The van der Waals surface area contributed by atoms with Crippen molar-refractivity contribution in [3.05, 3.63) is 71.8 Å². The highest BCUT2D eigenvalue weighted by Gasteiger charge is 2.30. The minimum Gasteiger partial charge on any atom is -0.361 e. The number of hydrogen-bond donors (Lipinski definition) is 2. The van der Waals surface area contributed by atoms with Gasteiger partial charge < -0.3 is 10.3 Å². The van der Waals surface area contributed by atoms with Crippen LogP contribution in [0.25, 0.3) is 17.0 Å². The van der Waals surface area contributed by atoms with E-state index in [2.05, 4.69) is 10.3 Å². The Balaban J connectivity index is 1.37. The molecule has 1 amide bonds. The van der Waals surface area contributed by atoms with Gasteiger partial charge >= 0.3 is 0 Å². The molecule has 0 bridgehead atoms. The summed E-state index contributed by atoms with van der Waals surface area (Å²) in [4.78, 5) is 15.8. The summed E-state index contributed by atoms with van der Waals surface area (Å²) < 4.78 is 26.6. The van der Waals surface area contributed by atoms with Gasteiger partial charge in [-0.15, -0.1) is 0 Å². The summed E-state index contributed by atoms with van der Waals surface area (Å²) in [6, 6.07) is 17.0. The predicted octanol–water partition coefficient (Wildman–Crippen LogP) is 3.82. The van der Waals surface area contributed by atoms with Crippen molar-refractivity contribution in [3.63, 3.8) is 0 Å². The molecule has 1 aromatic heterocycles. The van der Waals surface area contributed by atoms with Gasteiger partial charge in [-0.3, -0.25) is 4.79 Å². The van der Waals surface area contributed by atoms with Gasteiger partial charge in [-0.05, 0) is 42.7 Å². The molecule has 0 radical (unpaired) electrons. The fourth-order valence-electron chi connectivity index (χ4n) is 3.62. The number of aromatic amines is 1. The molecule has 0 spiro atoms. The van der Waals surface area contributed by atoms with Gasteiger partial charge in [-0.2, -0.15) is 4.31 Å². The van der Waals surface area contributed by atoms with Gasteiger partial charge in [0.15, 0.2) is 0 Å². The zero-order chi connectivity index (χ0) is 20.3. The average molecular weight is 410 g/mol. The molecule has 2 aromatic carbocycles. The number of nitrogens with zero attached hydrogens (tertiary/aromatic N) is 1. The van der Waals surface area contributed by atoms with Crippen molar-refractivity contribution in [1.82, 2.24) is 9.29 Å². The number of amides is 1. The van der Waals surface area contributed by atoms with E-state index < -0.39 is 10.0 Å². The Morgan fingerprint density at radius 1 is 1.03 bits per heavy atom. The molecule has 7 heteroatoms. The van der Waals surface area contributed by atoms with Crippen LogP contribution < -0.4 is 5.32 Å². The van der Waals surface area contributed by atoms with Gasteiger partial charge in [0.1, 0.15) is 0 Å². The van der Waals surface area contributed by atoms with E-state index in [1.54, 1.807) is 6.08 Å². The van der Waals surface area contributed by atoms with E-state index >= 15 is 0 Å². The van der Waals surface area contributed by atoms with E-state index in [0.717, 1.165) is 22.2 Å². The summed E-state index contributed by atoms with van der Waals surface area (Å²) in [6.07, 6.45) is 4.46. The third-order valence-corrected chi connectivity index (χ3v) is 6.83. The van der Waals surface area contributed by atoms with Crippen molar-refractivity contribution < 1.29 is 13.2 Å². The highest BCUT2D eigenvalue weighted by Crippen LogP contribution is 2.26. The molecule has 3 aromatic rings. The molecule has 2 heterocycles. The van der Waals surface area contributed by atoms with E-state index in [0.29, 0.717) is 25.9 Å². The molecule has 0 unspecified atom stereocenters. The van der Waals surface area contributed by atoms with Crippen LogP contribution in [0.3, 0.4) is 0 Å². The number of hydrogen-bond acceptors (Lipinski definition) is 3. The van der Waals surface area contributed by atoms with Gasteiger partial charge in [0, 0.05) is 41.5 Å². The first-order chi connectivity index (χ1) is 14.0. The van der Waals surface area contributed by atoms with Crippen LogP contribution in [0.5, 0.6) is 0 Å². The largest absolute Gasteiger partial charge is 0.361 e. The van der Waals surface area contributed by atoms with Gasteiger partial charge in [-0.25, -0.2) is 8.42 Å². The number of sulfonamides is 1. The van der Waals surface area contributed by atoms with Crippen LogP contribution in [-0.4, -0.2) is 36.7 Å². The fraction of sp³-hybridized carbons (Fsp3) is 0.227. The lowest BCUT2D eigenvalue weighted by atomic mass is 9.97. The first kappa shape index (κ1) is 19.4. The average Bonchev–Trinajstić information content (AvgIpc) is 3.23. The normalized spacial score (nSPS) is 16.4. The third kappa shape index (κ3) is 4.41. The molecule has 1 aliphatic rings. The summed E-state index contributed by atoms with van der Waals surface area (Å²) in [7, 11) is -3.49. The maximum atomic E-state index is 12.7. The SMILES string of the molecule is O=C(Nc1cccc2[nH]ccc12)C1CCN(S(=O)(=O)/C=C/c2ccccc2)CC1. The van der Waals surface area contributed by atoms with Crippen LogP contribution in [0.4, 0.5) is 5.69 Å². The Morgan fingerprint density at radius 3 is 2.55 bits per heavy atom. The molecule has 0 aliphatic carbocycles. The van der Waals surface area contributed by atoms with Crippen LogP contribution in [0, 0.1) is 5.92 Å². The summed E-state index contributed by atoms with van der Waals surface area (Å²) in [6.45, 7) is 0.682.